The van der Waals surface area contributed by atoms with E-state index in [1.54, 1.807) is 0 Å². The van der Waals surface area contributed by atoms with Gasteiger partial charge in [-0.15, -0.1) is 0 Å². The first-order valence-corrected chi connectivity index (χ1v) is 20.2. The van der Waals surface area contributed by atoms with E-state index >= 15 is 0 Å². The Bertz CT molecular complexity index is 1140. The molecule has 0 aromatic rings. The van der Waals surface area contributed by atoms with E-state index in [2.05, 4.69) is 68.5 Å². The molecule has 2 atom stereocenters. The number of rotatable bonds is 34. The van der Waals surface area contributed by atoms with E-state index in [4.69, 9.17) is 14.2 Å². The molecule has 0 saturated heterocycles. The summed E-state index contributed by atoms with van der Waals surface area (Å²) in [5.74, 6) is -1.54. The highest BCUT2D eigenvalue weighted by molar-refractivity contribution is 5.72. The lowest BCUT2D eigenvalue weighted by Crippen LogP contribution is -2.50. The van der Waals surface area contributed by atoms with E-state index in [9.17, 15) is 19.5 Å². The molecule has 0 aliphatic carbocycles. The maximum absolute atomic E-state index is 12.7. The van der Waals surface area contributed by atoms with Crippen LogP contribution in [0.4, 0.5) is 0 Å². The second-order valence-electron chi connectivity index (χ2n) is 14.2. The zero-order chi connectivity index (χ0) is 39.3. The van der Waals surface area contributed by atoms with Crippen LogP contribution in [0.25, 0.3) is 0 Å². The lowest BCUT2D eigenvalue weighted by Gasteiger charge is -2.31. The first-order chi connectivity index (χ1) is 25.6. The van der Waals surface area contributed by atoms with Gasteiger partial charge in [-0.25, -0.2) is 4.79 Å². The van der Waals surface area contributed by atoms with Crippen molar-refractivity contribution in [2.24, 2.45) is 0 Å². The fourth-order valence-electron chi connectivity index (χ4n) is 5.29. The third kappa shape index (κ3) is 34.1. The van der Waals surface area contributed by atoms with Crippen LogP contribution in [-0.4, -0.2) is 80.6 Å². The average molecular weight is 741 g/mol. The van der Waals surface area contributed by atoms with Crippen LogP contribution in [0.3, 0.4) is 0 Å². The van der Waals surface area contributed by atoms with Crippen molar-refractivity contribution >= 4 is 17.9 Å². The SMILES string of the molecule is CC/C=C/C=C/C=C/C=C/CCCCCCCC(=O)OC(COCCC(C(=O)O)[N+](C)(C)C)COC(=O)CCCCCC/C=C/C/C=C/C/C=C/CC. The van der Waals surface area contributed by atoms with Crippen molar-refractivity contribution in [3.63, 3.8) is 0 Å². The third-order valence-corrected chi connectivity index (χ3v) is 8.38. The first-order valence-electron chi connectivity index (χ1n) is 20.2. The third-order valence-electron chi connectivity index (χ3n) is 8.38. The molecule has 8 nitrogen and oxygen atoms in total. The molecule has 0 heterocycles. The lowest BCUT2D eigenvalue weighted by molar-refractivity contribution is -0.887. The minimum Gasteiger partial charge on any atom is -0.477 e. The molecule has 2 unspecified atom stereocenters. The molecule has 8 heteroatoms. The number of carbonyl (C=O) groups is 3. The Morgan fingerprint density at radius 2 is 1.09 bits per heavy atom. The van der Waals surface area contributed by atoms with Crippen LogP contribution in [0.5, 0.6) is 0 Å². The molecule has 0 bridgehead atoms. The number of hydrogen-bond acceptors (Lipinski definition) is 6. The van der Waals surface area contributed by atoms with Crippen LogP contribution < -0.4 is 0 Å². The number of carbonyl (C=O) groups excluding carboxylic acids is 2. The van der Waals surface area contributed by atoms with Gasteiger partial charge in [0.2, 0.25) is 0 Å². The zero-order valence-electron chi connectivity index (χ0n) is 33.9. The van der Waals surface area contributed by atoms with Crippen molar-refractivity contribution in [1.82, 2.24) is 0 Å². The Morgan fingerprint density at radius 1 is 0.585 bits per heavy atom. The topological polar surface area (TPSA) is 99.1 Å². The number of esters is 2. The Balaban J connectivity index is 4.50. The molecular weight excluding hydrogens is 666 g/mol. The molecule has 0 radical (unpaired) electrons. The number of aliphatic carboxylic acids is 1. The highest BCUT2D eigenvalue weighted by Crippen LogP contribution is 2.12. The van der Waals surface area contributed by atoms with Crippen LogP contribution in [-0.2, 0) is 28.6 Å². The minimum atomic E-state index is -0.888. The Labute approximate surface area is 323 Å². The minimum absolute atomic E-state index is 0.0383. The molecule has 0 aliphatic rings. The lowest BCUT2D eigenvalue weighted by atomic mass is 10.1. The number of nitrogens with zero attached hydrogens (tertiary/aromatic N) is 1. The van der Waals surface area contributed by atoms with Crippen molar-refractivity contribution in [3.8, 4) is 0 Å². The fourth-order valence-corrected chi connectivity index (χ4v) is 5.29. The summed E-state index contributed by atoms with van der Waals surface area (Å²) in [5.41, 5.74) is 0. The largest absolute Gasteiger partial charge is 0.477 e. The van der Waals surface area contributed by atoms with E-state index < -0.39 is 18.1 Å². The molecule has 0 amide bonds. The van der Waals surface area contributed by atoms with Gasteiger partial charge in [0.25, 0.3) is 0 Å². The molecule has 1 N–H and O–H groups in total. The molecule has 0 aromatic carbocycles. The summed E-state index contributed by atoms with van der Waals surface area (Å²) >= 11 is 0. The number of ether oxygens (including phenoxy) is 3. The maximum Gasteiger partial charge on any atom is 0.362 e. The van der Waals surface area contributed by atoms with Crippen LogP contribution in [0.2, 0.25) is 0 Å². The average Bonchev–Trinajstić information content (AvgIpc) is 3.11. The quantitative estimate of drug-likeness (QED) is 0.0230. The molecular formula is C45H74NO7+. The zero-order valence-corrected chi connectivity index (χ0v) is 33.9. The standard InChI is InChI=1S/C45H73NO7/c1-6-8-10-12-14-16-18-20-22-24-26-28-30-32-34-36-44(48)53-41(39-51-38-37-42(45(49)50)46(3,4)5)40-52-43(47)35-33-31-29-27-25-23-21-19-17-15-13-11-9-7-2/h8-12,14-18,20-23,41-42H,6-7,13,19,24-40H2,1-5H3/p+1/b10-8+,11-9+,14-12+,17-15+,18-16+,22-20+,23-21+. The van der Waals surface area contributed by atoms with Crippen molar-refractivity contribution in [1.29, 1.82) is 0 Å². The fraction of sp³-hybridized carbons (Fsp3) is 0.622. The van der Waals surface area contributed by atoms with Gasteiger partial charge in [0.05, 0.1) is 34.4 Å². The molecule has 300 valence electrons. The Morgan fingerprint density at radius 3 is 1.70 bits per heavy atom. The summed E-state index contributed by atoms with van der Waals surface area (Å²) in [6.07, 6.45) is 44.8. The van der Waals surface area contributed by atoms with Gasteiger partial charge in [0.1, 0.15) is 6.61 Å². The molecule has 0 aromatic heterocycles. The van der Waals surface area contributed by atoms with E-state index in [-0.39, 0.29) is 36.2 Å². The van der Waals surface area contributed by atoms with Gasteiger partial charge in [-0.3, -0.25) is 9.59 Å². The van der Waals surface area contributed by atoms with Crippen LogP contribution >= 0.6 is 0 Å². The van der Waals surface area contributed by atoms with Gasteiger partial charge in [-0.2, -0.15) is 0 Å². The molecule has 0 fully saturated rings. The number of carboxylic acid groups (broad SMARTS) is 1. The summed E-state index contributed by atoms with van der Waals surface area (Å²) in [7, 11) is 5.49. The monoisotopic (exact) mass is 741 g/mol. The van der Waals surface area contributed by atoms with Gasteiger partial charge < -0.3 is 23.8 Å². The summed E-state index contributed by atoms with van der Waals surface area (Å²) in [6, 6.07) is -0.627. The normalized spacial score (nSPS) is 13.9. The van der Waals surface area contributed by atoms with Gasteiger partial charge in [0.15, 0.2) is 12.1 Å². The molecule has 0 aliphatic heterocycles. The predicted octanol–water partition coefficient (Wildman–Crippen LogP) is 10.6. The van der Waals surface area contributed by atoms with Crippen molar-refractivity contribution in [3.05, 3.63) is 85.1 Å². The van der Waals surface area contributed by atoms with E-state index in [0.29, 0.717) is 19.3 Å². The van der Waals surface area contributed by atoms with E-state index in [0.717, 1.165) is 96.3 Å². The maximum atomic E-state index is 12.7. The number of allylic oxidation sites excluding steroid dienone is 14. The van der Waals surface area contributed by atoms with E-state index in [1.165, 1.54) is 0 Å². The second kappa shape index (κ2) is 35.5. The molecule has 0 saturated carbocycles. The number of carboxylic acids is 1. The van der Waals surface area contributed by atoms with Gasteiger partial charge in [-0.05, 0) is 64.2 Å². The highest BCUT2D eigenvalue weighted by atomic mass is 16.6. The van der Waals surface area contributed by atoms with Crippen LogP contribution in [0.1, 0.15) is 129 Å². The summed E-state index contributed by atoms with van der Waals surface area (Å²) in [5, 5.41) is 9.60. The second-order valence-corrected chi connectivity index (χ2v) is 14.2. The van der Waals surface area contributed by atoms with Crippen molar-refractivity contribution in [2.45, 2.75) is 142 Å². The number of quaternary nitrogens is 1. The van der Waals surface area contributed by atoms with Crippen LogP contribution in [0.15, 0.2) is 85.1 Å². The first kappa shape index (κ1) is 49.5. The summed E-state index contributed by atoms with van der Waals surface area (Å²) in [4.78, 5) is 36.9. The Kier molecular flexibility index (Phi) is 33.2. The number of hydrogen-bond donors (Lipinski definition) is 1. The smallest absolute Gasteiger partial charge is 0.362 e. The van der Waals surface area contributed by atoms with Gasteiger partial charge >= 0.3 is 17.9 Å². The molecule has 0 rings (SSSR count). The predicted molar refractivity (Wildman–Crippen MR) is 220 cm³/mol. The number of likely N-dealkylation sites (N-methyl/N-ethyl adjacent to an activating group) is 1. The molecule has 53 heavy (non-hydrogen) atoms. The molecule has 0 spiro atoms. The van der Waals surface area contributed by atoms with Crippen LogP contribution in [0, 0.1) is 0 Å². The van der Waals surface area contributed by atoms with Crippen molar-refractivity contribution in [2.75, 3.05) is 41.0 Å². The summed E-state index contributed by atoms with van der Waals surface area (Å²) in [6.45, 7) is 4.40. The van der Waals surface area contributed by atoms with Crippen molar-refractivity contribution < 1.29 is 38.2 Å². The Hall–Kier alpha value is -3.49. The number of unbranched alkanes of at least 4 members (excludes halogenated alkanes) is 9. The van der Waals surface area contributed by atoms with E-state index in [1.807, 2.05) is 51.5 Å². The van der Waals surface area contributed by atoms with Gasteiger partial charge in [0, 0.05) is 19.3 Å². The summed E-state index contributed by atoms with van der Waals surface area (Å²) < 4.78 is 17.2. The highest BCUT2D eigenvalue weighted by Gasteiger charge is 2.31. The van der Waals surface area contributed by atoms with Gasteiger partial charge in [-0.1, -0.05) is 131 Å².